The number of halogens is 4. The Bertz CT molecular complexity index is 1050. The summed E-state index contributed by atoms with van der Waals surface area (Å²) in [6, 6.07) is 6.96. The van der Waals surface area contributed by atoms with Gasteiger partial charge in [0.15, 0.2) is 0 Å². The van der Waals surface area contributed by atoms with Gasteiger partial charge >= 0.3 is 11.5 Å². The number of hydrogen-bond donors (Lipinski definition) is 2. The van der Waals surface area contributed by atoms with E-state index in [1.54, 1.807) is 12.1 Å². The molecule has 1 N–H and O–H groups in total. The summed E-state index contributed by atoms with van der Waals surface area (Å²) in [5.41, 5.74) is 0.988. The summed E-state index contributed by atoms with van der Waals surface area (Å²) in [5.74, 6) is 0.0784. The lowest BCUT2D eigenvalue weighted by Crippen LogP contribution is -2.24. The molecule has 1 aromatic carbocycles. The van der Waals surface area contributed by atoms with Crippen LogP contribution >= 0.6 is 12.6 Å². The van der Waals surface area contributed by atoms with E-state index in [1.165, 1.54) is 36.8 Å². The molecule has 0 amide bonds. The zero-order chi connectivity index (χ0) is 22.6. The second-order valence-electron chi connectivity index (χ2n) is 6.52. The third-order valence-corrected chi connectivity index (χ3v) is 4.37. The molecule has 0 aliphatic heterocycles. The summed E-state index contributed by atoms with van der Waals surface area (Å²) in [6.07, 6.45) is -2.29. The van der Waals surface area contributed by atoms with E-state index >= 15 is 0 Å². The van der Waals surface area contributed by atoms with Crippen molar-refractivity contribution in [1.82, 2.24) is 15.0 Å². The first-order valence-corrected chi connectivity index (χ1v) is 9.34. The van der Waals surface area contributed by atoms with Crippen LogP contribution in [0.1, 0.15) is 30.2 Å². The van der Waals surface area contributed by atoms with Crippen LogP contribution in [0.4, 0.5) is 28.2 Å². The molecule has 0 aliphatic rings. The third-order valence-electron chi connectivity index (χ3n) is 4.26. The molecule has 0 aliphatic carbocycles. The van der Waals surface area contributed by atoms with E-state index in [4.69, 9.17) is 0 Å². The van der Waals surface area contributed by atoms with Gasteiger partial charge in [0, 0.05) is 29.6 Å². The molecule has 0 saturated heterocycles. The van der Waals surface area contributed by atoms with Gasteiger partial charge in [0.1, 0.15) is 11.6 Å². The smallest absolute Gasteiger partial charge is 0.429 e. The Morgan fingerprint density at radius 3 is 2.35 bits per heavy atom. The molecule has 2 heterocycles. The molecule has 2 aromatic heterocycles. The Kier molecular flexibility index (Phi) is 6.74. The number of hydrogen-bond acceptors (Lipinski definition) is 6. The molecular weight excluding hydrogens is 436 g/mol. The van der Waals surface area contributed by atoms with Crippen molar-refractivity contribution in [2.45, 2.75) is 25.2 Å². The monoisotopic (exact) mass is 452 g/mol. The number of pyridine rings is 1. The molecule has 6 nitrogen and oxygen atoms in total. The summed E-state index contributed by atoms with van der Waals surface area (Å²) in [4.78, 5) is 23.2. The van der Waals surface area contributed by atoms with E-state index in [0.29, 0.717) is 5.82 Å². The van der Waals surface area contributed by atoms with Crippen LogP contribution in [-0.4, -0.2) is 26.4 Å². The molecule has 0 saturated carbocycles. The fourth-order valence-electron chi connectivity index (χ4n) is 2.77. The van der Waals surface area contributed by atoms with Crippen LogP contribution in [0.3, 0.4) is 0 Å². The van der Waals surface area contributed by atoms with Crippen LogP contribution in [-0.2, 0) is 4.74 Å². The number of benzene rings is 1. The Hall–Kier alpha value is -3.21. The number of thiol groups is 1. The Morgan fingerprint density at radius 2 is 1.77 bits per heavy atom. The first-order chi connectivity index (χ1) is 14.6. The highest BCUT2D eigenvalue weighted by Crippen LogP contribution is 2.37. The highest BCUT2D eigenvalue weighted by Gasteiger charge is 2.44. The Morgan fingerprint density at radius 1 is 1.06 bits per heavy atom. The normalized spacial score (nSPS) is 13.4. The second kappa shape index (κ2) is 9.29. The minimum atomic E-state index is -4.84. The summed E-state index contributed by atoms with van der Waals surface area (Å²) in [6.45, 7) is 1.86. The Labute approximate surface area is 180 Å². The van der Waals surface area contributed by atoms with Gasteiger partial charge < -0.3 is 10.1 Å². The summed E-state index contributed by atoms with van der Waals surface area (Å²) >= 11 is 3.26. The standard InChI is InChI=1S/C20H16F4N4O2S/c1-11(12-2-4-15(21)5-3-12)28-17-10-26-16(9-27-17)13-6-14(8-25-7-13)18(20(22,23)24)30-19(29)31/h2-11,18H,1H3,(H,27,28)(H,29,31). The Balaban J connectivity index is 1.78. The van der Waals surface area contributed by atoms with E-state index in [9.17, 15) is 22.4 Å². The van der Waals surface area contributed by atoms with Gasteiger partial charge in [-0.3, -0.25) is 9.97 Å². The minimum absolute atomic E-state index is 0.186. The molecule has 3 rings (SSSR count). The van der Waals surface area contributed by atoms with E-state index in [2.05, 4.69) is 37.6 Å². The maximum Gasteiger partial charge on any atom is 0.429 e. The van der Waals surface area contributed by atoms with Crippen molar-refractivity contribution in [3.63, 3.8) is 0 Å². The van der Waals surface area contributed by atoms with Gasteiger partial charge in [-0.05, 0) is 30.7 Å². The highest BCUT2D eigenvalue weighted by atomic mass is 32.1. The number of nitrogens with zero attached hydrogens (tertiary/aromatic N) is 3. The molecule has 2 unspecified atom stereocenters. The highest BCUT2D eigenvalue weighted by molar-refractivity contribution is 7.96. The maximum atomic E-state index is 13.2. The van der Waals surface area contributed by atoms with Crippen LogP contribution in [0.25, 0.3) is 11.3 Å². The van der Waals surface area contributed by atoms with Crippen LogP contribution in [0.15, 0.2) is 55.1 Å². The average molecular weight is 452 g/mol. The van der Waals surface area contributed by atoms with Crippen molar-refractivity contribution in [2.75, 3.05) is 5.32 Å². The van der Waals surface area contributed by atoms with Crippen molar-refractivity contribution >= 4 is 23.7 Å². The van der Waals surface area contributed by atoms with Gasteiger partial charge in [-0.1, -0.05) is 24.8 Å². The predicted molar refractivity (Wildman–Crippen MR) is 108 cm³/mol. The van der Waals surface area contributed by atoms with Gasteiger partial charge in [0.05, 0.1) is 18.1 Å². The number of carbonyl (C=O) groups excluding carboxylic acids is 1. The third kappa shape index (κ3) is 5.91. The predicted octanol–water partition coefficient (Wildman–Crippen LogP) is 5.52. The molecule has 3 aromatic rings. The zero-order valence-electron chi connectivity index (χ0n) is 16.0. The van der Waals surface area contributed by atoms with Crippen molar-refractivity contribution in [3.8, 4) is 11.3 Å². The van der Waals surface area contributed by atoms with Gasteiger partial charge in [-0.15, -0.1) is 0 Å². The van der Waals surface area contributed by atoms with Crippen molar-refractivity contribution < 1.29 is 27.1 Å². The lowest BCUT2D eigenvalue weighted by atomic mass is 10.1. The van der Waals surface area contributed by atoms with Gasteiger partial charge in [0.25, 0.3) is 0 Å². The molecule has 162 valence electrons. The van der Waals surface area contributed by atoms with Crippen molar-refractivity contribution in [3.05, 3.63) is 72.1 Å². The summed E-state index contributed by atoms with van der Waals surface area (Å²) in [5, 5.41) is 1.74. The fraction of sp³-hybridized carbons (Fsp3) is 0.200. The average Bonchev–Trinajstić information content (AvgIpc) is 2.72. The van der Waals surface area contributed by atoms with E-state index < -0.39 is 17.6 Å². The molecule has 0 fully saturated rings. The van der Waals surface area contributed by atoms with E-state index in [-0.39, 0.29) is 28.7 Å². The molecule has 31 heavy (non-hydrogen) atoms. The maximum absolute atomic E-state index is 13.2. The SMILES string of the molecule is CC(Nc1cnc(-c2cncc(C(OC(=O)S)C(F)(F)F)c2)cn1)c1ccc(F)cc1. The van der Waals surface area contributed by atoms with Crippen molar-refractivity contribution in [1.29, 1.82) is 0 Å². The van der Waals surface area contributed by atoms with Crippen molar-refractivity contribution in [2.24, 2.45) is 0 Å². The molecular formula is C20H16F4N4O2S. The lowest BCUT2D eigenvalue weighted by molar-refractivity contribution is -0.204. The summed E-state index contributed by atoms with van der Waals surface area (Å²) < 4.78 is 57.1. The minimum Gasteiger partial charge on any atom is -0.440 e. The number of alkyl halides is 3. The number of nitrogens with one attached hydrogen (secondary N) is 1. The molecule has 0 spiro atoms. The van der Waals surface area contributed by atoms with Crippen LogP contribution in [0.5, 0.6) is 0 Å². The zero-order valence-corrected chi connectivity index (χ0v) is 16.9. The van der Waals surface area contributed by atoms with E-state index in [0.717, 1.165) is 11.8 Å². The molecule has 11 heteroatoms. The topological polar surface area (TPSA) is 77.0 Å². The number of rotatable bonds is 6. The number of aromatic nitrogens is 3. The van der Waals surface area contributed by atoms with Crippen LogP contribution < -0.4 is 5.32 Å². The number of ether oxygens (including phenoxy) is 1. The summed E-state index contributed by atoms with van der Waals surface area (Å²) in [7, 11) is 0. The fourth-order valence-corrected chi connectivity index (χ4v) is 2.88. The molecule has 2 atom stereocenters. The van der Waals surface area contributed by atoms with Crippen LogP contribution in [0.2, 0.25) is 0 Å². The van der Waals surface area contributed by atoms with Gasteiger partial charge in [0.2, 0.25) is 6.10 Å². The second-order valence-corrected chi connectivity index (χ2v) is 6.88. The first kappa shape index (κ1) is 22.5. The number of anilines is 1. The lowest BCUT2D eigenvalue weighted by Gasteiger charge is -2.20. The van der Waals surface area contributed by atoms with Gasteiger partial charge in [-0.25, -0.2) is 14.2 Å². The first-order valence-electron chi connectivity index (χ1n) is 8.89. The van der Waals surface area contributed by atoms with E-state index in [1.807, 2.05) is 6.92 Å². The van der Waals surface area contributed by atoms with Crippen LogP contribution in [0, 0.1) is 5.82 Å². The largest absolute Gasteiger partial charge is 0.440 e. The van der Waals surface area contributed by atoms with Gasteiger partial charge in [-0.2, -0.15) is 13.2 Å². The molecule has 0 radical (unpaired) electrons. The number of carbonyl (C=O) groups is 1. The molecule has 0 bridgehead atoms. The quantitative estimate of drug-likeness (QED) is 0.291.